The van der Waals surface area contributed by atoms with Crippen LogP contribution in [0.2, 0.25) is 5.02 Å². The number of benzene rings is 1. The van der Waals surface area contributed by atoms with Crippen LogP contribution in [0.1, 0.15) is 43.2 Å². The third kappa shape index (κ3) is 2.03. The van der Waals surface area contributed by atoms with E-state index in [2.05, 4.69) is 6.92 Å². The Morgan fingerprint density at radius 1 is 1.33 bits per heavy atom. The van der Waals surface area contributed by atoms with Gasteiger partial charge in [0, 0.05) is 0 Å². The Labute approximate surface area is 95.4 Å². The molecule has 2 heteroatoms. The average molecular weight is 227 g/mol. The Kier molecular flexibility index (Phi) is 3.01. The Morgan fingerprint density at radius 3 is 2.67 bits per heavy atom. The van der Waals surface area contributed by atoms with Crippen LogP contribution in [0.25, 0.3) is 0 Å². The van der Waals surface area contributed by atoms with E-state index in [4.69, 9.17) is 11.6 Å². The van der Waals surface area contributed by atoms with Crippen LogP contribution < -0.4 is 0 Å². The first-order valence-electron chi connectivity index (χ1n) is 5.54. The van der Waals surface area contributed by atoms with E-state index in [0.29, 0.717) is 10.9 Å². The number of rotatable bonds is 1. The minimum absolute atomic E-state index is 0.298. The van der Waals surface area contributed by atoms with Crippen molar-refractivity contribution in [3.8, 4) is 0 Å². The van der Waals surface area contributed by atoms with Crippen molar-refractivity contribution in [2.45, 2.75) is 39.0 Å². The lowest BCUT2D eigenvalue weighted by Gasteiger charge is -2.14. The van der Waals surface area contributed by atoms with Crippen molar-refractivity contribution in [2.24, 2.45) is 5.92 Å². The van der Waals surface area contributed by atoms with Crippen molar-refractivity contribution in [3.63, 3.8) is 0 Å². The second-order valence-corrected chi connectivity index (χ2v) is 5.07. The number of hydrogen-bond acceptors (Lipinski definition) is 0. The maximum atomic E-state index is 13.2. The summed E-state index contributed by atoms with van der Waals surface area (Å²) in [4.78, 5) is 0. The predicted molar refractivity (Wildman–Crippen MR) is 61.9 cm³/mol. The van der Waals surface area contributed by atoms with E-state index in [1.807, 2.05) is 13.0 Å². The topological polar surface area (TPSA) is 0 Å². The van der Waals surface area contributed by atoms with E-state index in [-0.39, 0.29) is 5.82 Å². The summed E-state index contributed by atoms with van der Waals surface area (Å²) in [5, 5.41) is 0.298. The minimum atomic E-state index is -0.302. The first-order valence-corrected chi connectivity index (χ1v) is 5.92. The second kappa shape index (κ2) is 4.13. The summed E-state index contributed by atoms with van der Waals surface area (Å²) in [5.41, 5.74) is 2.17. The maximum absolute atomic E-state index is 13.2. The molecule has 0 saturated heterocycles. The highest BCUT2D eigenvalue weighted by molar-refractivity contribution is 6.31. The monoisotopic (exact) mass is 226 g/mol. The smallest absolute Gasteiger partial charge is 0.142 e. The lowest BCUT2D eigenvalue weighted by molar-refractivity contribution is 0.593. The highest BCUT2D eigenvalue weighted by atomic mass is 35.5. The molecule has 82 valence electrons. The summed E-state index contributed by atoms with van der Waals surface area (Å²) in [6, 6.07) is 3.40. The Morgan fingerprint density at radius 2 is 2.07 bits per heavy atom. The number of halogens is 2. The molecule has 0 aromatic heterocycles. The van der Waals surface area contributed by atoms with Gasteiger partial charge in [0.2, 0.25) is 0 Å². The molecule has 0 nitrogen and oxygen atoms in total. The van der Waals surface area contributed by atoms with Crippen LogP contribution in [0, 0.1) is 18.7 Å². The first-order chi connectivity index (χ1) is 7.09. The molecule has 1 fully saturated rings. The first kappa shape index (κ1) is 10.9. The molecule has 2 rings (SSSR count). The third-order valence-electron chi connectivity index (χ3n) is 3.52. The van der Waals surface area contributed by atoms with Gasteiger partial charge >= 0.3 is 0 Å². The summed E-state index contributed by atoms with van der Waals surface area (Å²) in [6.07, 6.45) is 3.70. The second-order valence-electron chi connectivity index (χ2n) is 4.69. The van der Waals surface area contributed by atoms with Crippen LogP contribution in [0.3, 0.4) is 0 Å². The maximum Gasteiger partial charge on any atom is 0.142 e. The molecule has 2 unspecified atom stereocenters. The average Bonchev–Trinajstić information content (AvgIpc) is 2.61. The quantitative estimate of drug-likeness (QED) is 0.652. The van der Waals surface area contributed by atoms with Crippen LogP contribution in [0.5, 0.6) is 0 Å². The molecule has 1 aliphatic carbocycles. The molecule has 2 atom stereocenters. The summed E-state index contributed by atoms with van der Waals surface area (Å²) in [7, 11) is 0. The van der Waals surface area contributed by atoms with Crippen molar-refractivity contribution in [1.29, 1.82) is 0 Å². The molecule has 0 N–H and O–H groups in total. The van der Waals surface area contributed by atoms with Gasteiger partial charge in [0.25, 0.3) is 0 Å². The highest BCUT2D eigenvalue weighted by Gasteiger charge is 2.24. The van der Waals surface area contributed by atoms with Crippen LogP contribution >= 0.6 is 11.6 Å². The molecule has 1 aromatic carbocycles. The summed E-state index contributed by atoms with van der Waals surface area (Å²) < 4.78 is 13.2. The van der Waals surface area contributed by atoms with Crippen LogP contribution in [0.4, 0.5) is 4.39 Å². The lowest BCUT2D eigenvalue weighted by Crippen LogP contribution is -1.98. The van der Waals surface area contributed by atoms with E-state index >= 15 is 0 Å². The Bertz CT molecular complexity index is 373. The van der Waals surface area contributed by atoms with E-state index in [1.54, 1.807) is 0 Å². The minimum Gasteiger partial charge on any atom is -0.205 e. The van der Waals surface area contributed by atoms with Crippen molar-refractivity contribution in [1.82, 2.24) is 0 Å². The SMILES string of the molecule is Cc1c(C2CCC(C)C2)ccc(F)c1Cl. The Hall–Kier alpha value is -0.560. The van der Waals surface area contributed by atoms with Crippen LogP contribution in [-0.4, -0.2) is 0 Å². The molecular formula is C13H16ClF. The molecule has 0 heterocycles. The van der Waals surface area contributed by atoms with Crippen molar-refractivity contribution < 1.29 is 4.39 Å². The van der Waals surface area contributed by atoms with Gasteiger partial charge in [0.15, 0.2) is 0 Å². The third-order valence-corrected chi connectivity index (χ3v) is 3.98. The lowest BCUT2D eigenvalue weighted by atomic mass is 9.92. The molecule has 15 heavy (non-hydrogen) atoms. The highest BCUT2D eigenvalue weighted by Crippen LogP contribution is 2.40. The summed E-state index contributed by atoms with van der Waals surface area (Å²) in [6.45, 7) is 4.20. The molecule has 0 spiro atoms. The molecule has 1 saturated carbocycles. The zero-order valence-electron chi connectivity index (χ0n) is 9.19. The van der Waals surface area contributed by atoms with Gasteiger partial charge in [-0.25, -0.2) is 4.39 Å². The van der Waals surface area contributed by atoms with Crippen molar-refractivity contribution in [2.75, 3.05) is 0 Å². The van der Waals surface area contributed by atoms with Gasteiger partial charge in [-0.15, -0.1) is 0 Å². The largest absolute Gasteiger partial charge is 0.205 e. The van der Waals surface area contributed by atoms with Gasteiger partial charge in [-0.1, -0.05) is 31.0 Å². The van der Waals surface area contributed by atoms with Crippen LogP contribution in [-0.2, 0) is 0 Å². The van der Waals surface area contributed by atoms with Crippen molar-refractivity contribution in [3.05, 3.63) is 34.1 Å². The van der Waals surface area contributed by atoms with E-state index in [9.17, 15) is 4.39 Å². The molecule has 1 aliphatic rings. The van der Waals surface area contributed by atoms with Crippen LogP contribution in [0.15, 0.2) is 12.1 Å². The van der Waals surface area contributed by atoms with E-state index < -0.39 is 0 Å². The molecule has 0 amide bonds. The molecular weight excluding hydrogens is 211 g/mol. The molecule has 1 aromatic rings. The zero-order chi connectivity index (χ0) is 11.0. The van der Waals surface area contributed by atoms with Gasteiger partial charge in [0.05, 0.1) is 5.02 Å². The molecule has 0 aliphatic heterocycles. The normalized spacial score (nSPS) is 25.9. The van der Waals surface area contributed by atoms with Gasteiger partial charge < -0.3 is 0 Å². The molecule has 0 radical (unpaired) electrons. The molecule has 0 bridgehead atoms. The van der Waals surface area contributed by atoms with E-state index in [0.717, 1.165) is 11.5 Å². The Balaban J connectivity index is 2.33. The van der Waals surface area contributed by atoms with Gasteiger partial charge in [-0.05, 0) is 48.8 Å². The van der Waals surface area contributed by atoms with Gasteiger partial charge in [0.1, 0.15) is 5.82 Å². The fraction of sp³-hybridized carbons (Fsp3) is 0.538. The fourth-order valence-electron chi connectivity index (χ4n) is 2.60. The fourth-order valence-corrected chi connectivity index (χ4v) is 2.77. The van der Waals surface area contributed by atoms with Gasteiger partial charge in [-0.3, -0.25) is 0 Å². The summed E-state index contributed by atoms with van der Waals surface area (Å²) >= 11 is 5.92. The zero-order valence-corrected chi connectivity index (χ0v) is 9.94. The van der Waals surface area contributed by atoms with Crippen molar-refractivity contribution >= 4 is 11.6 Å². The van der Waals surface area contributed by atoms with E-state index in [1.165, 1.54) is 30.9 Å². The number of hydrogen-bond donors (Lipinski definition) is 0. The van der Waals surface area contributed by atoms with Gasteiger partial charge in [-0.2, -0.15) is 0 Å². The predicted octanol–water partition coefficient (Wildman–Crippen LogP) is 4.69. The standard InChI is InChI=1S/C13H16ClF/c1-8-3-4-10(7-8)11-5-6-12(15)13(14)9(11)2/h5-6,8,10H,3-4,7H2,1-2H3. The summed E-state index contributed by atoms with van der Waals surface area (Å²) in [5.74, 6) is 1.07.